The smallest absolute Gasteiger partial charge is 0.240 e. The first-order valence-corrected chi connectivity index (χ1v) is 7.27. The number of amides is 1. The highest BCUT2D eigenvalue weighted by molar-refractivity contribution is 7.92. The standard InChI is InChI=1S/C10H21NO3S/c1-5-7-8-11(6-2)10(12)9(3)15(4,13)14/h9H,5-8H2,1-4H3. The van der Waals surface area contributed by atoms with E-state index in [2.05, 4.69) is 0 Å². The van der Waals surface area contributed by atoms with E-state index < -0.39 is 15.1 Å². The largest absolute Gasteiger partial charge is 0.342 e. The average Bonchev–Trinajstić information content (AvgIpc) is 2.16. The first kappa shape index (κ1) is 14.4. The summed E-state index contributed by atoms with van der Waals surface area (Å²) >= 11 is 0. The van der Waals surface area contributed by atoms with E-state index in [0.717, 1.165) is 19.1 Å². The molecular weight excluding hydrogens is 214 g/mol. The lowest BCUT2D eigenvalue weighted by Gasteiger charge is -2.23. The van der Waals surface area contributed by atoms with Gasteiger partial charge in [-0.1, -0.05) is 13.3 Å². The lowest BCUT2D eigenvalue weighted by Crippen LogP contribution is -2.41. The van der Waals surface area contributed by atoms with Crippen molar-refractivity contribution in [3.8, 4) is 0 Å². The Morgan fingerprint density at radius 3 is 2.20 bits per heavy atom. The molecule has 1 unspecified atom stereocenters. The van der Waals surface area contributed by atoms with E-state index in [1.54, 1.807) is 4.90 Å². The van der Waals surface area contributed by atoms with E-state index >= 15 is 0 Å². The van der Waals surface area contributed by atoms with Gasteiger partial charge >= 0.3 is 0 Å². The summed E-state index contributed by atoms with van der Waals surface area (Å²) in [5.41, 5.74) is 0. The zero-order chi connectivity index (χ0) is 12.1. The van der Waals surface area contributed by atoms with Crippen molar-refractivity contribution in [1.82, 2.24) is 4.90 Å². The Kier molecular flexibility index (Phi) is 5.87. The molecule has 5 heteroatoms. The molecule has 0 spiro atoms. The maximum Gasteiger partial charge on any atom is 0.240 e. The van der Waals surface area contributed by atoms with Crippen molar-refractivity contribution in [1.29, 1.82) is 0 Å². The van der Waals surface area contributed by atoms with E-state index in [1.165, 1.54) is 6.92 Å². The topological polar surface area (TPSA) is 54.5 Å². The quantitative estimate of drug-likeness (QED) is 0.692. The van der Waals surface area contributed by atoms with E-state index in [1.807, 2.05) is 13.8 Å². The maximum atomic E-state index is 11.8. The van der Waals surface area contributed by atoms with Crippen LogP contribution in [0.4, 0.5) is 0 Å². The molecule has 15 heavy (non-hydrogen) atoms. The molecule has 1 amide bonds. The molecule has 0 aromatic rings. The van der Waals surface area contributed by atoms with Crippen LogP contribution in [-0.2, 0) is 14.6 Å². The van der Waals surface area contributed by atoms with Crippen LogP contribution >= 0.6 is 0 Å². The Morgan fingerprint density at radius 1 is 1.33 bits per heavy atom. The summed E-state index contributed by atoms with van der Waals surface area (Å²) in [6.07, 6.45) is 3.01. The van der Waals surface area contributed by atoms with Gasteiger partial charge < -0.3 is 4.90 Å². The fourth-order valence-electron chi connectivity index (χ4n) is 1.21. The molecule has 0 saturated carbocycles. The number of nitrogens with zero attached hydrogens (tertiary/aromatic N) is 1. The molecule has 0 heterocycles. The molecule has 0 N–H and O–H groups in total. The minimum atomic E-state index is -3.27. The molecule has 0 aliphatic heterocycles. The Labute approximate surface area is 92.6 Å². The van der Waals surface area contributed by atoms with E-state index in [-0.39, 0.29) is 5.91 Å². The average molecular weight is 235 g/mol. The van der Waals surface area contributed by atoms with Crippen molar-refractivity contribution in [2.45, 2.75) is 38.9 Å². The third kappa shape index (κ3) is 4.64. The molecular formula is C10H21NO3S. The number of rotatable bonds is 6. The van der Waals surface area contributed by atoms with Gasteiger partial charge in [0, 0.05) is 19.3 Å². The SMILES string of the molecule is CCCCN(CC)C(=O)C(C)S(C)(=O)=O. The molecule has 0 rings (SSSR count). The van der Waals surface area contributed by atoms with Gasteiger partial charge in [-0.3, -0.25) is 4.79 Å². The summed E-state index contributed by atoms with van der Waals surface area (Å²) < 4.78 is 22.4. The first-order chi connectivity index (χ1) is 6.84. The molecule has 0 aliphatic rings. The van der Waals surface area contributed by atoms with Crippen LogP contribution in [0.15, 0.2) is 0 Å². The zero-order valence-electron chi connectivity index (χ0n) is 9.99. The predicted molar refractivity (Wildman–Crippen MR) is 61.5 cm³/mol. The van der Waals surface area contributed by atoms with Crippen LogP contribution in [0, 0.1) is 0 Å². The van der Waals surface area contributed by atoms with Gasteiger partial charge in [0.25, 0.3) is 0 Å². The van der Waals surface area contributed by atoms with Crippen molar-refractivity contribution in [2.24, 2.45) is 0 Å². The number of hydrogen-bond donors (Lipinski definition) is 0. The normalized spacial score (nSPS) is 13.6. The molecule has 1 atom stereocenters. The monoisotopic (exact) mass is 235 g/mol. The van der Waals surface area contributed by atoms with Gasteiger partial charge in [0.15, 0.2) is 9.84 Å². The number of hydrogen-bond acceptors (Lipinski definition) is 3. The van der Waals surface area contributed by atoms with Gasteiger partial charge in [0.1, 0.15) is 5.25 Å². The molecule has 0 aliphatic carbocycles. The van der Waals surface area contributed by atoms with Gasteiger partial charge in [-0.2, -0.15) is 0 Å². The highest BCUT2D eigenvalue weighted by Gasteiger charge is 2.27. The Morgan fingerprint density at radius 2 is 1.87 bits per heavy atom. The molecule has 0 fully saturated rings. The Balaban J connectivity index is 4.52. The lowest BCUT2D eigenvalue weighted by atomic mass is 10.3. The number of sulfone groups is 1. The second kappa shape index (κ2) is 6.10. The van der Waals surface area contributed by atoms with Gasteiger partial charge in [0.2, 0.25) is 5.91 Å². The summed E-state index contributed by atoms with van der Waals surface area (Å²) in [6, 6.07) is 0. The van der Waals surface area contributed by atoms with E-state index in [9.17, 15) is 13.2 Å². The predicted octanol–water partition coefficient (Wildman–Crippen LogP) is 1.07. The van der Waals surface area contributed by atoms with Crippen molar-refractivity contribution in [2.75, 3.05) is 19.3 Å². The van der Waals surface area contributed by atoms with Crippen molar-refractivity contribution in [3.63, 3.8) is 0 Å². The Hall–Kier alpha value is -0.580. The first-order valence-electron chi connectivity index (χ1n) is 5.32. The van der Waals surface area contributed by atoms with Gasteiger partial charge in [-0.05, 0) is 20.3 Å². The van der Waals surface area contributed by atoms with Crippen LogP contribution in [0.5, 0.6) is 0 Å². The third-order valence-corrected chi connectivity index (χ3v) is 3.95. The minimum Gasteiger partial charge on any atom is -0.342 e. The molecule has 0 aromatic heterocycles. The third-order valence-electron chi connectivity index (χ3n) is 2.46. The van der Waals surface area contributed by atoms with Crippen molar-refractivity contribution >= 4 is 15.7 Å². The van der Waals surface area contributed by atoms with E-state index in [4.69, 9.17) is 0 Å². The number of carbonyl (C=O) groups excluding carboxylic acids is 1. The van der Waals surface area contributed by atoms with E-state index in [0.29, 0.717) is 13.1 Å². The second-order valence-corrected chi connectivity index (χ2v) is 6.11. The minimum absolute atomic E-state index is 0.284. The summed E-state index contributed by atoms with van der Waals surface area (Å²) in [7, 11) is -3.27. The fourth-order valence-corrected chi connectivity index (χ4v) is 1.73. The van der Waals surface area contributed by atoms with Crippen LogP contribution in [0.3, 0.4) is 0 Å². The van der Waals surface area contributed by atoms with Gasteiger partial charge in [-0.25, -0.2) is 8.42 Å². The fraction of sp³-hybridized carbons (Fsp3) is 0.900. The molecule has 4 nitrogen and oxygen atoms in total. The molecule has 0 radical (unpaired) electrons. The summed E-state index contributed by atoms with van der Waals surface area (Å²) in [6.45, 7) is 6.57. The summed E-state index contributed by atoms with van der Waals surface area (Å²) in [5, 5.41) is -0.922. The van der Waals surface area contributed by atoms with Crippen molar-refractivity contribution < 1.29 is 13.2 Å². The molecule has 0 bridgehead atoms. The Bertz CT molecular complexity index is 298. The zero-order valence-corrected chi connectivity index (χ0v) is 10.8. The molecule has 90 valence electrons. The van der Waals surface area contributed by atoms with Crippen molar-refractivity contribution in [3.05, 3.63) is 0 Å². The highest BCUT2D eigenvalue weighted by atomic mass is 32.2. The van der Waals surface area contributed by atoms with Crippen LogP contribution in [0.2, 0.25) is 0 Å². The summed E-state index contributed by atoms with van der Waals surface area (Å²) in [4.78, 5) is 13.4. The van der Waals surface area contributed by atoms with Gasteiger partial charge in [0.05, 0.1) is 0 Å². The lowest BCUT2D eigenvalue weighted by molar-refractivity contribution is -0.130. The summed E-state index contributed by atoms with van der Waals surface area (Å²) in [5.74, 6) is -0.284. The van der Waals surface area contributed by atoms with Gasteiger partial charge in [-0.15, -0.1) is 0 Å². The maximum absolute atomic E-state index is 11.8. The second-order valence-electron chi connectivity index (χ2n) is 3.74. The molecule has 0 aromatic carbocycles. The van der Waals surface area contributed by atoms with Crippen LogP contribution in [0.1, 0.15) is 33.6 Å². The van der Waals surface area contributed by atoms with Crippen LogP contribution in [-0.4, -0.2) is 43.8 Å². The number of unbranched alkanes of at least 4 members (excludes halogenated alkanes) is 1. The number of carbonyl (C=O) groups is 1. The molecule has 0 saturated heterocycles. The van der Waals surface area contributed by atoms with Crippen LogP contribution in [0.25, 0.3) is 0 Å². The van der Waals surface area contributed by atoms with Crippen LogP contribution < -0.4 is 0 Å². The highest BCUT2D eigenvalue weighted by Crippen LogP contribution is 2.05.